The summed E-state index contributed by atoms with van der Waals surface area (Å²) in [6.45, 7) is 1.97. The Hall–Kier alpha value is -0.910. The zero-order valence-corrected chi connectivity index (χ0v) is 9.24. The molecule has 0 atom stereocenters. The summed E-state index contributed by atoms with van der Waals surface area (Å²) in [5, 5.41) is 6.90. The minimum Gasteiger partial charge on any atom is -0.277 e. The summed E-state index contributed by atoms with van der Waals surface area (Å²) in [5.41, 5.74) is 3.14. The molecule has 0 aliphatic rings. The second-order valence-electron chi connectivity index (χ2n) is 2.78. The van der Waals surface area contributed by atoms with E-state index in [1.54, 1.807) is 6.20 Å². The minimum atomic E-state index is 1.03. The van der Waals surface area contributed by atoms with Crippen molar-refractivity contribution < 1.29 is 0 Å². The first-order valence-electron chi connectivity index (χ1n) is 3.89. The van der Waals surface area contributed by atoms with Crippen molar-refractivity contribution in [2.75, 3.05) is 0 Å². The third-order valence-electron chi connectivity index (χ3n) is 1.79. The average molecular weight is 285 g/mol. The number of nitrogens with zero attached hydrogens (tertiary/aromatic N) is 2. The van der Waals surface area contributed by atoms with Gasteiger partial charge in [0.15, 0.2) is 0 Å². The van der Waals surface area contributed by atoms with Gasteiger partial charge in [-0.15, -0.1) is 0 Å². The van der Waals surface area contributed by atoms with Crippen LogP contribution in [0.1, 0.15) is 5.69 Å². The molecule has 66 valence electrons. The van der Waals surface area contributed by atoms with Crippen LogP contribution in [-0.2, 0) is 0 Å². The number of aryl methyl sites for hydroxylation is 1. The lowest BCUT2D eigenvalue weighted by Gasteiger charge is -1.97. The maximum absolute atomic E-state index is 4.23. The monoisotopic (exact) mass is 285 g/mol. The molecule has 0 saturated heterocycles. The van der Waals surface area contributed by atoms with Crippen LogP contribution in [0.15, 0.2) is 24.5 Å². The van der Waals surface area contributed by atoms with Crippen LogP contribution < -0.4 is 0 Å². The Kier molecular flexibility index (Phi) is 2.30. The highest BCUT2D eigenvalue weighted by Gasteiger charge is 2.03. The van der Waals surface area contributed by atoms with Gasteiger partial charge in [-0.05, 0) is 41.6 Å². The van der Waals surface area contributed by atoms with Crippen LogP contribution >= 0.6 is 22.6 Å². The van der Waals surface area contributed by atoms with E-state index in [1.807, 2.05) is 25.3 Å². The van der Waals surface area contributed by atoms with E-state index in [4.69, 9.17) is 0 Å². The Balaban J connectivity index is 2.47. The molecular formula is C9H8IN3. The van der Waals surface area contributed by atoms with Crippen molar-refractivity contribution >= 4 is 22.6 Å². The molecule has 4 heteroatoms. The summed E-state index contributed by atoms with van der Waals surface area (Å²) in [5.74, 6) is 0. The first kappa shape index (κ1) is 8.68. The second kappa shape index (κ2) is 3.45. The molecule has 2 heterocycles. The molecule has 0 bridgehead atoms. The second-order valence-corrected chi connectivity index (χ2v) is 3.94. The van der Waals surface area contributed by atoms with Gasteiger partial charge in [0.1, 0.15) is 0 Å². The smallest absolute Gasteiger partial charge is 0.0799 e. The molecular weight excluding hydrogens is 277 g/mol. The van der Waals surface area contributed by atoms with Gasteiger partial charge in [0, 0.05) is 17.5 Å². The van der Waals surface area contributed by atoms with Crippen LogP contribution in [0.2, 0.25) is 0 Å². The van der Waals surface area contributed by atoms with Crippen LogP contribution in [0.25, 0.3) is 11.3 Å². The average Bonchev–Trinajstić information content (AvgIpc) is 2.53. The summed E-state index contributed by atoms with van der Waals surface area (Å²) < 4.78 is 1.11. The summed E-state index contributed by atoms with van der Waals surface area (Å²) >= 11 is 2.25. The standard InChI is InChI=1S/C9H8IN3/c1-6-2-3-7(4-11-6)9-8(10)5-12-13-9/h2-5H,1H3,(H,12,13). The number of pyridine rings is 1. The topological polar surface area (TPSA) is 41.6 Å². The fourth-order valence-corrected chi connectivity index (χ4v) is 1.66. The zero-order chi connectivity index (χ0) is 9.26. The van der Waals surface area contributed by atoms with Crippen molar-refractivity contribution in [3.05, 3.63) is 33.8 Å². The molecule has 0 fully saturated rings. The number of aromatic nitrogens is 3. The molecule has 0 saturated carbocycles. The van der Waals surface area contributed by atoms with Gasteiger partial charge >= 0.3 is 0 Å². The Morgan fingerprint density at radius 3 is 2.69 bits per heavy atom. The van der Waals surface area contributed by atoms with Crippen molar-refractivity contribution in [1.82, 2.24) is 15.2 Å². The number of aromatic amines is 1. The molecule has 2 aromatic rings. The van der Waals surface area contributed by atoms with Crippen LogP contribution in [0, 0.1) is 10.5 Å². The third kappa shape index (κ3) is 1.72. The molecule has 1 N–H and O–H groups in total. The molecule has 2 aromatic heterocycles. The Morgan fingerprint density at radius 2 is 2.15 bits per heavy atom. The lowest BCUT2D eigenvalue weighted by Crippen LogP contribution is -1.84. The van der Waals surface area contributed by atoms with Crippen LogP contribution in [0.4, 0.5) is 0 Å². The maximum Gasteiger partial charge on any atom is 0.0799 e. The van der Waals surface area contributed by atoms with E-state index in [1.165, 1.54) is 0 Å². The summed E-state index contributed by atoms with van der Waals surface area (Å²) in [6.07, 6.45) is 3.65. The quantitative estimate of drug-likeness (QED) is 0.817. The summed E-state index contributed by atoms with van der Waals surface area (Å²) in [7, 11) is 0. The zero-order valence-electron chi connectivity index (χ0n) is 7.08. The van der Waals surface area contributed by atoms with Gasteiger partial charge in [0.25, 0.3) is 0 Å². The first-order chi connectivity index (χ1) is 6.27. The number of halogens is 1. The predicted octanol–water partition coefficient (Wildman–Crippen LogP) is 2.38. The van der Waals surface area contributed by atoms with E-state index >= 15 is 0 Å². The van der Waals surface area contributed by atoms with Gasteiger partial charge in [-0.2, -0.15) is 5.10 Å². The van der Waals surface area contributed by atoms with Gasteiger partial charge in [-0.25, -0.2) is 0 Å². The van der Waals surface area contributed by atoms with Crippen LogP contribution in [-0.4, -0.2) is 15.2 Å². The Labute approximate surface area is 89.7 Å². The molecule has 0 unspecified atom stereocenters. The number of rotatable bonds is 1. The largest absolute Gasteiger partial charge is 0.277 e. The molecule has 0 radical (unpaired) electrons. The van der Waals surface area contributed by atoms with Crippen LogP contribution in [0.5, 0.6) is 0 Å². The number of hydrogen-bond donors (Lipinski definition) is 1. The van der Waals surface area contributed by atoms with Gasteiger partial charge < -0.3 is 0 Å². The predicted molar refractivity (Wildman–Crippen MR) is 59.3 cm³/mol. The first-order valence-corrected chi connectivity index (χ1v) is 4.97. The molecule has 0 amide bonds. The van der Waals surface area contributed by atoms with Gasteiger partial charge in [-0.3, -0.25) is 10.1 Å². The highest BCUT2D eigenvalue weighted by Crippen LogP contribution is 2.21. The van der Waals surface area contributed by atoms with Crippen molar-refractivity contribution in [1.29, 1.82) is 0 Å². The lowest BCUT2D eigenvalue weighted by atomic mass is 10.2. The van der Waals surface area contributed by atoms with Crippen molar-refractivity contribution in [3.8, 4) is 11.3 Å². The molecule has 0 aromatic carbocycles. The highest BCUT2D eigenvalue weighted by molar-refractivity contribution is 14.1. The van der Waals surface area contributed by atoms with Gasteiger partial charge in [-0.1, -0.05) is 0 Å². The number of H-pyrrole nitrogens is 1. The molecule has 0 spiro atoms. The minimum absolute atomic E-state index is 1.03. The summed E-state index contributed by atoms with van der Waals surface area (Å²) in [4.78, 5) is 4.23. The highest BCUT2D eigenvalue weighted by atomic mass is 127. The van der Waals surface area contributed by atoms with E-state index in [2.05, 4.69) is 37.8 Å². The molecule has 0 aliphatic carbocycles. The normalized spacial score (nSPS) is 10.3. The van der Waals surface area contributed by atoms with Gasteiger partial charge in [0.05, 0.1) is 15.5 Å². The van der Waals surface area contributed by atoms with E-state index < -0.39 is 0 Å². The summed E-state index contributed by atoms with van der Waals surface area (Å²) in [6, 6.07) is 4.03. The number of nitrogens with one attached hydrogen (secondary N) is 1. The Bertz CT molecular complexity index is 405. The fourth-order valence-electron chi connectivity index (χ4n) is 1.09. The van der Waals surface area contributed by atoms with E-state index in [0.29, 0.717) is 0 Å². The molecule has 2 rings (SSSR count). The van der Waals surface area contributed by atoms with Crippen molar-refractivity contribution in [2.24, 2.45) is 0 Å². The lowest BCUT2D eigenvalue weighted by molar-refractivity contribution is 1.09. The molecule has 0 aliphatic heterocycles. The van der Waals surface area contributed by atoms with Crippen LogP contribution in [0.3, 0.4) is 0 Å². The molecule has 3 nitrogen and oxygen atoms in total. The van der Waals surface area contributed by atoms with E-state index in [9.17, 15) is 0 Å². The maximum atomic E-state index is 4.23. The third-order valence-corrected chi connectivity index (χ3v) is 2.61. The van der Waals surface area contributed by atoms with E-state index in [-0.39, 0.29) is 0 Å². The van der Waals surface area contributed by atoms with Crippen molar-refractivity contribution in [2.45, 2.75) is 6.92 Å². The number of hydrogen-bond acceptors (Lipinski definition) is 2. The van der Waals surface area contributed by atoms with E-state index in [0.717, 1.165) is 20.5 Å². The Morgan fingerprint density at radius 1 is 1.31 bits per heavy atom. The van der Waals surface area contributed by atoms with Gasteiger partial charge in [0.2, 0.25) is 0 Å². The molecule has 13 heavy (non-hydrogen) atoms. The van der Waals surface area contributed by atoms with Crippen molar-refractivity contribution in [3.63, 3.8) is 0 Å². The fraction of sp³-hybridized carbons (Fsp3) is 0.111. The SMILES string of the molecule is Cc1ccc(-c2[nH]ncc2I)cn1.